The first-order valence-corrected chi connectivity index (χ1v) is 7.38. The number of hydrogen-bond donors (Lipinski definition) is 1. The lowest BCUT2D eigenvalue weighted by Crippen LogP contribution is -2.76. The fourth-order valence-corrected chi connectivity index (χ4v) is 7.47. The molecule has 8 bridgehead atoms. The fraction of sp³-hybridized carbons (Fsp3) is 1.00. The zero-order valence-corrected chi connectivity index (χ0v) is 10.3. The predicted octanol–water partition coefficient (Wildman–Crippen LogP) is 2.80. The van der Waals surface area contributed by atoms with Crippen LogP contribution in [0.15, 0.2) is 0 Å². The Hall–Kier alpha value is -0.0400. The van der Waals surface area contributed by atoms with Crippen molar-refractivity contribution < 1.29 is 0 Å². The van der Waals surface area contributed by atoms with Crippen molar-refractivity contribution in [3.63, 3.8) is 0 Å². The van der Waals surface area contributed by atoms with Crippen LogP contribution < -0.4 is 5.73 Å². The molecule has 88 valence electrons. The zero-order chi connectivity index (χ0) is 10.7. The lowest BCUT2D eigenvalue weighted by atomic mass is 9.31. The molecule has 4 unspecified atom stereocenters. The number of nitrogens with two attached hydrogens (primary N) is 1. The maximum absolute atomic E-state index is 6.94. The standard InChI is InChI=1S/C15H23N/c1-14-5-10-9-2-8-3-12(10)15(16,7-14)13(4-8)11(9)6-14/h8-13H,2-7,16H2,1H3. The van der Waals surface area contributed by atoms with Crippen molar-refractivity contribution in [3.05, 3.63) is 0 Å². The summed E-state index contributed by atoms with van der Waals surface area (Å²) in [4.78, 5) is 0. The van der Waals surface area contributed by atoms with Gasteiger partial charge in [-0.1, -0.05) is 6.92 Å². The SMILES string of the molecule is CC12CC3C4CC5CC3C(N)(C1)C(C5)C4C2. The minimum atomic E-state index is 0.286. The van der Waals surface area contributed by atoms with Crippen molar-refractivity contribution >= 4 is 0 Å². The molecular weight excluding hydrogens is 194 g/mol. The highest BCUT2D eigenvalue weighted by Gasteiger charge is 2.71. The highest BCUT2D eigenvalue weighted by Crippen LogP contribution is 2.74. The van der Waals surface area contributed by atoms with E-state index in [2.05, 4.69) is 6.92 Å². The largest absolute Gasteiger partial charge is 0.325 e. The third-order valence-corrected chi connectivity index (χ3v) is 7.48. The molecule has 1 heteroatoms. The fourth-order valence-electron chi connectivity index (χ4n) is 7.47. The van der Waals surface area contributed by atoms with Gasteiger partial charge in [0.15, 0.2) is 0 Å². The molecule has 0 aromatic heterocycles. The van der Waals surface area contributed by atoms with Crippen LogP contribution in [0.4, 0.5) is 0 Å². The van der Waals surface area contributed by atoms with Gasteiger partial charge >= 0.3 is 0 Å². The van der Waals surface area contributed by atoms with Crippen LogP contribution >= 0.6 is 0 Å². The molecule has 0 heterocycles. The molecule has 0 aromatic carbocycles. The van der Waals surface area contributed by atoms with Gasteiger partial charge in [-0.25, -0.2) is 0 Å². The van der Waals surface area contributed by atoms with Crippen molar-refractivity contribution in [1.82, 2.24) is 0 Å². The molecule has 0 aliphatic heterocycles. The summed E-state index contributed by atoms with van der Waals surface area (Å²) in [5.74, 6) is 6.11. The average molecular weight is 217 g/mol. The van der Waals surface area contributed by atoms with Crippen molar-refractivity contribution in [3.8, 4) is 0 Å². The lowest BCUT2D eigenvalue weighted by Gasteiger charge is -2.75. The Kier molecular flexibility index (Phi) is 1.26. The highest BCUT2D eigenvalue weighted by atomic mass is 14.9. The minimum Gasteiger partial charge on any atom is -0.325 e. The van der Waals surface area contributed by atoms with Crippen LogP contribution in [0.5, 0.6) is 0 Å². The molecule has 7 rings (SSSR count). The van der Waals surface area contributed by atoms with Crippen LogP contribution in [0.2, 0.25) is 0 Å². The van der Waals surface area contributed by atoms with Crippen LogP contribution in [-0.4, -0.2) is 5.54 Å². The van der Waals surface area contributed by atoms with Gasteiger partial charge in [-0.15, -0.1) is 0 Å². The van der Waals surface area contributed by atoms with Gasteiger partial charge in [0.05, 0.1) is 0 Å². The Labute approximate surface area is 98.2 Å². The summed E-state index contributed by atoms with van der Waals surface area (Å²) in [7, 11) is 0. The third kappa shape index (κ3) is 0.749. The maximum Gasteiger partial charge on any atom is 0.0222 e. The maximum atomic E-state index is 6.94. The van der Waals surface area contributed by atoms with E-state index in [0.29, 0.717) is 5.41 Å². The Balaban J connectivity index is 1.73. The van der Waals surface area contributed by atoms with Gasteiger partial charge < -0.3 is 5.73 Å². The molecule has 0 spiro atoms. The van der Waals surface area contributed by atoms with E-state index in [1.807, 2.05) is 0 Å². The summed E-state index contributed by atoms with van der Waals surface area (Å²) in [5.41, 5.74) is 7.86. The van der Waals surface area contributed by atoms with E-state index < -0.39 is 0 Å². The van der Waals surface area contributed by atoms with Gasteiger partial charge in [0.2, 0.25) is 0 Å². The summed E-state index contributed by atoms with van der Waals surface area (Å²) in [6, 6.07) is 0. The molecule has 7 aliphatic rings. The van der Waals surface area contributed by atoms with Gasteiger partial charge in [-0.2, -0.15) is 0 Å². The smallest absolute Gasteiger partial charge is 0.0222 e. The molecule has 2 N–H and O–H groups in total. The molecular formula is C15H23N. The first kappa shape index (κ1) is 8.97. The second-order valence-electron chi connectivity index (χ2n) is 8.29. The van der Waals surface area contributed by atoms with E-state index >= 15 is 0 Å². The van der Waals surface area contributed by atoms with E-state index in [4.69, 9.17) is 5.73 Å². The molecule has 1 nitrogen and oxygen atoms in total. The van der Waals surface area contributed by atoms with Gasteiger partial charge in [0.1, 0.15) is 0 Å². The Morgan fingerprint density at radius 1 is 0.938 bits per heavy atom. The summed E-state index contributed by atoms with van der Waals surface area (Å²) >= 11 is 0. The molecule has 0 saturated heterocycles. The zero-order valence-electron chi connectivity index (χ0n) is 10.3. The Morgan fingerprint density at radius 3 is 2.19 bits per heavy atom. The van der Waals surface area contributed by atoms with Gasteiger partial charge in [-0.3, -0.25) is 0 Å². The van der Waals surface area contributed by atoms with E-state index in [1.165, 1.54) is 32.1 Å². The Morgan fingerprint density at radius 2 is 1.56 bits per heavy atom. The second kappa shape index (κ2) is 2.25. The van der Waals surface area contributed by atoms with Crippen molar-refractivity contribution in [1.29, 1.82) is 0 Å². The second-order valence-corrected chi connectivity index (χ2v) is 8.29. The third-order valence-electron chi connectivity index (χ3n) is 7.48. The van der Waals surface area contributed by atoms with Crippen LogP contribution in [0, 0.1) is 40.9 Å². The van der Waals surface area contributed by atoms with Crippen molar-refractivity contribution in [2.75, 3.05) is 0 Å². The van der Waals surface area contributed by atoms with E-state index in [-0.39, 0.29) is 5.54 Å². The summed E-state index contributed by atoms with van der Waals surface area (Å²) in [5, 5.41) is 0. The molecule has 0 aromatic rings. The molecule has 16 heavy (non-hydrogen) atoms. The molecule has 4 atom stereocenters. The average Bonchev–Trinajstić information content (AvgIpc) is 2.23. The lowest BCUT2D eigenvalue weighted by molar-refractivity contribution is -0.238. The van der Waals surface area contributed by atoms with Crippen molar-refractivity contribution in [2.45, 2.75) is 51.0 Å². The summed E-state index contributed by atoms with van der Waals surface area (Å²) in [6.45, 7) is 2.54. The predicted molar refractivity (Wildman–Crippen MR) is 63.7 cm³/mol. The van der Waals surface area contributed by atoms with Gasteiger partial charge in [0.25, 0.3) is 0 Å². The van der Waals surface area contributed by atoms with E-state index in [0.717, 1.165) is 35.5 Å². The van der Waals surface area contributed by atoms with Crippen LogP contribution in [0.3, 0.4) is 0 Å². The molecule has 7 fully saturated rings. The molecule has 0 amide bonds. The van der Waals surface area contributed by atoms with E-state index in [9.17, 15) is 0 Å². The Bertz CT molecular complexity index is 350. The first-order chi connectivity index (χ1) is 7.59. The van der Waals surface area contributed by atoms with Crippen LogP contribution in [-0.2, 0) is 0 Å². The quantitative estimate of drug-likeness (QED) is 0.663. The number of rotatable bonds is 0. The van der Waals surface area contributed by atoms with E-state index in [1.54, 1.807) is 6.42 Å². The van der Waals surface area contributed by atoms with Gasteiger partial charge in [0, 0.05) is 5.54 Å². The van der Waals surface area contributed by atoms with Gasteiger partial charge in [-0.05, 0) is 79.4 Å². The minimum absolute atomic E-state index is 0.286. The first-order valence-electron chi connectivity index (χ1n) is 7.38. The number of hydrogen-bond acceptors (Lipinski definition) is 1. The summed E-state index contributed by atoms with van der Waals surface area (Å²) in [6.07, 6.45) is 8.98. The molecule has 7 saturated carbocycles. The van der Waals surface area contributed by atoms with Crippen LogP contribution in [0.25, 0.3) is 0 Å². The van der Waals surface area contributed by atoms with Crippen molar-refractivity contribution in [2.24, 2.45) is 46.7 Å². The van der Waals surface area contributed by atoms with Crippen LogP contribution in [0.1, 0.15) is 45.4 Å². The highest BCUT2D eigenvalue weighted by molar-refractivity contribution is 5.23. The molecule has 0 radical (unpaired) electrons. The topological polar surface area (TPSA) is 26.0 Å². The molecule has 7 aliphatic carbocycles. The normalized spacial score (nSPS) is 73.9. The summed E-state index contributed by atoms with van der Waals surface area (Å²) < 4.78 is 0. The monoisotopic (exact) mass is 217 g/mol.